The molecule has 0 aliphatic heterocycles. The third-order valence-electron chi connectivity index (χ3n) is 5.73. The smallest absolute Gasteiger partial charge is 0.416 e. The lowest BCUT2D eigenvalue weighted by molar-refractivity contribution is -0.138. The van der Waals surface area contributed by atoms with Crippen LogP contribution in [-0.4, -0.2) is 21.8 Å². The van der Waals surface area contributed by atoms with Crippen molar-refractivity contribution in [2.45, 2.75) is 19.0 Å². The van der Waals surface area contributed by atoms with E-state index in [1.165, 1.54) is 12.1 Å². The second kappa shape index (κ2) is 9.02. The van der Waals surface area contributed by atoms with Crippen LogP contribution >= 0.6 is 0 Å². The van der Waals surface area contributed by atoms with Crippen LogP contribution in [0.4, 0.5) is 13.2 Å². The molecule has 4 aromatic rings. The maximum Gasteiger partial charge on any atom is 0.416 e. The summed E-state index contributed by atoms with van der Waals surface area (Å²) in [5.74, 6) is -1.81. The van der Waals surface area contributed by atoms with Gasteiger partial charge in [-0.15, -0.1) is 0 Å². The fourth-order valence-corrected chi connectivity index (χ4v) is 3.71. The summed E-state index contributed by atoms with van der Waals surface area (Å²) in [5.41, 5.74) is 3.22. The second-order valence-electron chi connectivity index (χ2n) is 7.93. The minimum atomic E-state index is -4.43. The summed E-state index contributed by atoms with van der Waals surface area (Å²) >= 11 is 0. The number of aliphatic carboxylic acids is 1. The van der Waals surface area contributed by atoms with Gasteiger partial charge in [0.1, 0.15) is 0 Å². The Morgan fingerprint density at radius 1 is 0.882 bits per heavy atom. The number of aromatic nitrogens is 1. The van der Waals surface area contributed by atoms with Gasteiger partial charge >= 0.3 is 12.1 Å². The molecule has 1 aromatic heterocycles. The van der Waals surface area contributed by atoms with Crippen LogP contribution in [0.15, 0.2) is 85.1 Å². The summed E-state index contributed by atoms with van der Waals surface area (Å²) in [6.45, 7) is 1.61. The van der Waals surface area contributed by atoms with Crippen molar-refractivity contribution >= 4 is 11.8 Å². The van der Waals surface area contributed by atoms with Crippen LogP contribution in [0.25, 0.3) is 22.4 Å². The van der Waals surface area contributed by atoms with Gasteiger partial charge in [-0.05, 0) is 47.4 Å². The molecule has 4 rings (SSSR count). The molecule has 0 aliphatic rings. The number of benzene rings is 3. The highest BCUT2D eigenvalue weighted by atomic mass is 19.4. The van der Waals surface area contributed by atoms with Crippen LogP contribution in [0.2, 0.25) is 0 Å². The van der Waals surface area contributed by atoms with Crippen molar-refractivity contribution in [1.82, 2.24) is 4.98 Å². The van der Waals surface area contributed by atoms with Crippen LogP contribution in [0, 0.1) is 0 Å². The van der Waals surface area contributed by atoms with Crippen LogP contribution in [0.1, 0.15) is 39.9 Å². The van der Waals surface area contributed by atoms with Gasteiger partial charge in [0.25, 0.3) is 0 Å². The molecule has 0 radical (unpaired) electrons. The molecule has 3 aromatic carbocycles. The molecule has 1 unspecified atom stereocenters. The molecule has 0 fully saturated rings. The SMILES string of the molecule is CC(C(=O)O)c1ccc(-c2cc(C(=O)c3ccccc3-c3ccc(C(F)(F)F)cc3)c[nH]2)cc1. The molecule has 1 atom stereocenters. The molecule has 0 aliphatic carbocycles. The molecule has 1 heterocycles. The van der Waals surface area contributed by atoms with E-state index in [4.69, 9.17) is 5.11 Å². The number of carbonyl (C=O) groups excluding carboxylic acids is 1. The third kappa shape index (κ3) is 4.64. The van der Waals surface area contributed by atoms with E-state index in [1.807, 2.05) is 0 Å². The number of ketones is 1. The van der Waals surface area contributed by atoms with Crippen molar-refractivity contribution in [3.8, 4) is 22.4 Å². The maximum absolute atomic E-state index is 13.3. The van der Waals surface area contributed by atoms with Gasteiger partial charge in [0.05, 0.1) is 11.5 Å². The fraction of sp³-hybridized carbons (Fsp3) is 0.111. The molecule has 4 nitrogen and oxygen atoms in total. The van der Waals surface area contributed by atoms with Crippen LogP contribution in [0.5, 0.6) is 0 Å². The third-order valence-corrected chi connectivity index (χ3v) is 5.73. The van der Waals surface area contributed by atoms with Crippen LogP contribution < -0.4 is 0 Å². The fourth-order valence-electron chi connectivity index (χ4n) is 3.71. The second-order valence-corrected chi connectivity index (χ2v) is 7.93. The zero-order chi connectivity index (χ0) is 24.5. The first kappa shape index (κ1) is 23.0. The van der Waals surface area contributed by atoms with E-state index >= 15 is 0 Å². The predicted octanol–water partition coefficient (Wildman–Crippen LogP) is 6.79. The summed E-state index contributed by atoms with van der Waals surface area (Å²) in [6.07, 6.45) is -2.85. The number of H-pyrrole nitrogens is 1. The first-order valence-electron chi connectivity index (χ1n) is 10.5. The normalized spacial score (nSPS) is 12.4. The number of carboxylic acid groups (broad SMARTS) is 1. The van der Waals surface area contributed by atoms with E-state index in [1.54, 1.807) is 67.7 Å². The molecule has 0 spiro atoms. The lowest BCUT2D eigenvalue weighted by atomic mass is 9.94. The zero-order valence-corrected chi connectivity index (χ0v) is 18.1. The van der Waals surface area contributed by atoms with Gasteiger partial charge in [0, 0.05) is 23.0 Å². The average molecular weight is 463 g/mol. The molecular formula is C27H20F3NO3. The van der Waals surface area contributed by atoms with Gasteiger partial charge < -0.3 is 10.1 Å². The van der Waals surface area contributed by atoms with Crippen molar-refractivity contribution in [2.75, 3.05) is 0 Å². The Hall–Kier alpha value is -4.13. The monoisotopic (exact) mass is 463 g/mol. The molecule has 0 saturated heterocycles. The largest absolute Gasteiger partial charge is 0.481 e. The summed E-state index contributed by atoms with van der Waals surface area (Å²) in [4.78, 5) is 27.5. The van der Waals surface area contributed by atoms with Crippen molar-refractivity contribution in [2.24, 2.45) is 0 Å². The Kier molecular flexibility index (Phi) is 6.11. The first-order chi connectivity index (χ1) is 16.1. The van der Waals surface area contributed by atoms with E-state index in [9.17, 15) is 22.8 Å². The van der Waals surface area contributed by atoms with E-state index in [0.717, 1.165) is 17.7 Å². The highest BCUT2D eigenvalue weighted by molar-refractivity contribution is 6.13. The molecule has 172 valence electrons. The van der Waals surface area contributed by atoms with Crippen molar-refractivity contribution in [3.63, 3.8) is 0 Å². The van der Waals surface area contributed by atoms with E-state index < -0.39 is 23.6 Å². The van der Waals surface area contributed by atoms with Gasteiger partial charge in [0.2, 0.25) is 0 Å². The number of alkyl halides is 3. The lowest BCUT2D eigenvalue weighted by Crippen LogP contribution is -2.06. The summed E-state index contributed by atoms with van der Waals surface area (Å²) in [6, 6.07) is 20.2. The van der Waals surface area contributed by atoms with Gasteiger partial charge in [-0.1, -0.05) is 60.7 Å². The Bertz CT molecular complexity index is 1340. The highest BCUT2D eigenvalue weighted by Crippen LogP contribution is 2.33. The summed E-state index contributed by atoms with van der Waals surface area (Å²) in [5, 5.41) is 9.15. The number of rotatable bonds is 6. The summed E-state index contributed by atoms with van der Waals surface area (Å²) < 4.78 is 38.7. The van der Waals surface area contributed by atoms with E-state index in [2.05, 4.69) is 4.98 Å². The number of carboxylic acids is 1. The molecule has 0 saturated carbocycles. The quantitative estimate of drug-likeness (QED) is 0.310. The maximum atomic E-state index is 13.3. The van der Waals surface area contributed by atoms with Crippen LogP contribution in [-0.2, 0) is 11.0 Å². The van der Waals surface area contributed by atoms with Crippen molar-refractivity contribution in [1.29, 1.82) is 0 Å². The Morgan fingerprint density at radius 2 is 1.50 bits per heavy atom. The average Bonchev–Trinajstić information content (AvgIpc) is 3.33. The zero-order valence-electron chi connectivity index (χ0n) is 18.1. The standard InChI is InChI=1S/C27H20F3NO3/c1-16(26(33)34)17-6-8-19(9-7-17)24-14-20(15-31-24)25(32)23-5-3-2-4-22(23)18-10-12-21(13-11-18)27(28,29)30/h2-16,31H,1H3,(H,33,34). The first-order valence-corrected chi connectivity index (χ1v) is 10.5. The molecular weight excluding hydrogens is 443 g/mol. The molecule has 7 heteroatoms. The number of hydrogen-bond acceptors (Lipinski definition) is 2. The summed E-state index contributed by atoms with van der Waals surface area (Å²) in [7, 11) is 0. The number of nitrogens with one attached hydrogen (secondary N) is 1. The lowest BCUT2D eigenvalue weighted by Gasteiger charge is -2.10. The topological polar surface area (TPSA) is 70.2 Å². The Morgan fingerprint density at radius 3 is 2.12 bits per heavy atom. The molecule has 2 N–H and O–H groups in total. The Balaban J connectivity index is 1.61. The number of hydrogen-bond donors (Lipinski definition) is 2. The number of halogens is 3. The van der Waals surface area contributed by atoms with Crippen LogP contribution in [0.3, 0.4) is 0 Å². The van der Waals surface area contributed by atoms with Gasteiger partial charge in [-0.2, -0.15) is 13.2 Å². The van der Waals surface area contributed by atoms with Gasteiger partial charge in [-0.3, -0.25) is 9.59 Å². The van der Waals surface area contributed by atoms with Crippen molar-refractivity contribution < 1.29 is 27.9 Å². The van der Waals surface area contributed by atoms with Gasteiger partial charge in [0.15, 0.2) is 5.78 Å². The van der Waals surface area contributed by atoms with Crippen molar-refractivity contribution in [3.05, 3.63) is 107 Å². The Labute approximate surface area is 193 Å². The minimum Gasteiger partial charge on any atom is -0.481 e. The molecule has 0 amide bonds. The number of carbonyl (C=O) groups is 2. The van der Waals surface area contributed by atoms with E-state index in [0.29, 0.717) is 33.5 Å². The van der Waals surface area contributed by atoms with Gasteiger partial charge in [-0.25, -0.2) is 0 Å². The van der Waals surface area contributed by atoms with E-state index in [-0.39, 0.29) is 5.78 Å². The highest BCUT2D eigenvalue weighted by Gasteiger charge is 2.30. The minimum absolute atomic E-state index is 0.269. The number of aromatic amines is 1. The molecule has 0 bridgehead atoms. The predicted molar refractivity (Wildman–Crippen MR) is 123 cm³/mol. The molecule has 34 heavy (non-hydrogen) atoms.